The van der Waals surface area contributed by atoms with Crippen LogP contribution in [0, 0.1) is 0 Å². The summed E-state index contributed by atoms with van der Waals surface area (Å²) in [6.07, 6.45) is 1.71. The minimum atomic E-state index is 0.632. The summed E-state index contributed by atoms with van der Waals surface area (Å²) in [5.41, 5.74) is 1.92. The highest BCUT2D eigenvalue weighted by Gasteiger charge is 2.09. The molecule has 0 unspecified atom stereocenters. The predicted octanol–water partition coefficient (Wildman–Crippen LogP) is 1.76. The molecule has 1 N–H and O–H groups in total. The fourth-order valence-corrected chi connectivity index (χ4v) is 1.37. The van der Waals surface area contributed by atoms with Crippen molar-refractivity contribution < 1.29 is 9.47 Å². The predicted molar refractivity (Wildman–Crippen MR) is 63.9 cm³/mol. The Kier molecular flexibility index (Phi) is 4.79. The zero-order valence-electron chi connectivity index (χ0n) is 10.0. The van der Waals surface area contributed by atoms with Gasteiger partial charge in [0, 0.05) is 25.4 Å². The van der Waals surface area contributed by atoms with Crippen LogP contribution in [-0.4, -0.2) is 25.7 Å². The van der Waals surface area contributed by atoms with Crippen LogP contribution in [-0.2, 0) is 6.54 Å². The van der Waals surface area contributed by atoms with E-state index >= 15 is 0 Å². The lowest BCUT2D eigenvalue weighted by Crippen LogP contribution is -2.16. The van der Waals surface area contributed by atoms with Gasteiger partial charge in [0.2, 0.25) is 0 Å². The molecule has 0 saturated carbocycles. The maximum atomic E-state index is 5.27. The van der Waals surface area contributed by atoms with E-state index in [1.807, 2.05) is 6.92 Å². The molecule has 0 saturated heterocycles. The molecule has 4 nitrogen and oxygen atoms in total. The zero-order chi connectivity index (χ0) is 12.0. The van der Waals surface area contributed by atoms with E-state index in [0.29, 0.717) is 18.0 Å². The Labute approximate surface area is 96.3 Å². The van der Waals surface area contributed by atoms with Crippen molar-refractivity contribution in [3.8, 4) is 11.5 Å². The maximum absolute atomic E-state index is 5.27. The molecule has 0 bridgehead atoms. The summed E-state index contributed by atoms with van der Waals surface area (Å²) < 4.78 is 10.5. The van der Waals surface area contributed by atoms with Gasteiger partial charge in [-0.3, -0.25) is 4.98 Å². The number of hydrogen-bond donors (Lipinski definition) is 1. The molecule has 0 aliphatic rings. The van der Waals surface area contributed by atoms with Gasteiger partial charge in [-0.25, -0.2) is 0 Å². The van der Waals surface area contributed by atoms with Gasteiger partial charge in [-0.2, -0.15) is 0 Å². The molecule has 1 aromatic heterocycles. The fraction of sp³-hybridized carbons (Fsp3) is 0.417. The second-order valence-corrected chi connectivity index (χ2v) is 3.55. The zero-order valence-corrected chi connectivity index (χ0v) is 10.0. The highest BCUT2D eigenvalue weighted by atomic mass is 16.5. The second kappa shape index (κ2) is 6.12. The number of nitrogens with one attached hydrogen (secondary N) is 1. The van der Waals surface area contributed by atoms with Crippen molar-refractivity contribution >= 4 is 0 Å². The van der Waals surface area contributed by atoms with E-state index < -0.39 is 0 Å². The van der Waals surface area contributed by atoms with Gasteiger partial charge in [0.25, 0.3) is 0 Å². The van der Waals surface area contributed by atoms with Crippen LogP contribution in [0.5, 0.6) is 11.5 Å². The largest absolute Gasteiger partial charge is 0.493 e. The number of nitrogens with zero attached hydrogens (tertiary/aromatic N) is 1. The van der Waals surface area contributed by atoms with Crippen LogP contribution in [0.25, 0.3) is 0 Å². The van der Waals surface area contributed by atoms with Gasteiger partial charge < -0.3 is 14.8 Å². The molecule has 0 fully saturated rings. The molecule has 1 aromatic rings. The third-order valence-corrected chi connectivity index (χ3v) is 2.09. The monoisotopic (exact) mass is 222 g/mol. The van der Waals surface area contributed by atoms with Crippen molar-refractivity contribution in [3.63, 3.8) is 0 Å². The highest BCUT2D eigenvalue weighted by Crippen LogP contribution is 2.28. The van der Waals surface area contributed by atoms with E-state index in [0.717, 1.165) is 17.8 Å². The maximum Gasteiger partial charge on any atom is 0.183 e. The van der Waals surface area contributed by atoms with E-state index in [9.17, 15) is 0 Å². The molecule has 1 heterocycles. The molecule has 0 aliphatic carbocycles. The molecule has 0 aromatic carbocycles. The number of methoxy groups -OCH3 is 2. The Morgan fingerprint density at radius 3 is 2.75 bits per heavy atom. The van der Waals surface area contributed by atoms with Crippen molar-refractivity contribution in [3.05, 3.63) is 30.1 Å². The van der Waals surface area contributed by atoms with Crippen molar-refractivity contribution in [2.24, 2.45) is 0 Å². The van der Waals surface area contributed by atoms with E-state index in [-0.39, 0.29) is 0 Å². The fourth-order valence-electron chi connectivity index (χ4n) is 1.37. The van der Waals surface area contributed by atoms with Gasteiger partial charge in [0.05, 0.1) is 19.9 Å². The number of pyridine rings is 1. The van der Waals surface area contributed by atoms with Gasteiger partial charge in [-0.05, 0) is 6.92 Å². The number of aromatic nitrogens is 1. The third-order valence-electron chi connectivity index (χ3n) is 2.09. The molecule has 16 heavy (non-hydrogen) atoms. The highest BCUT2D eigenvalue weighted by molar-refractivity contribution is 5.42. The average molecular weight is 222 g/mol. The number of hydrogen-bond acceptors (Lipinski definition) is 4. The standard InChI is InChI=1S/C12H18N2O2/c1-9(2)7-13-8-10-12(16-4)11(15-3)5-6-14-10/h5-6,13H,1,7-8H2,2-4H3. The summed E-state index contributed by atoms with van der Waals surface area (Å²) in [7, 11) is 3.23. The molecular weight excluding hydrogens is 204 g/mol. The Balaban J connectivity index is 2.74. The Hall–Kier alpha value is -1.55. The van der Waals surface area contributed by atoms with Crippen molar-refractivity contribution in [1.29, 1.82) is 0 Å². The lowest BCUT2D eigenvalue weighted by Gasteiger charge is -2.12. The van der Waals surface area contributed by atoms with Gasteiger partial charge in [-0.1, -0.05) is 12.2 Å². The first-order valence-corrected chi connectivity index (χ1v) is 5.10. The summed E-state index contributed by atoms with van der Waals surface area (Å²) in [5.74, 6) is 1.38. The Morgan fingerprint density at radius 1 is 1.44 bits per heavy atom. The number of ether oxygens (including phenoxy) is 2. The van der Waals surface area contributed by atoms with E-state index in [1.54, 1.807) is 26.5 Å². The average Bonchev–Trinajstić information content (AvgIpc) is 2.28. The van der Waals surface area contributed by atoms with Gasteiger partial charge in [-0.15, -0.1) is 0 Å². The molecular formula is C12H18N2O2. The second-order valence-electron chi connectivity index (χ2n) is 3.55. The Bertz CT molecular complexity index is 364. The summed E-state index contributed by atoms with van der Waals surface area (Å²) in [5, 5.41) is 3.23. The molecule has 0 radical (unpaired) electrons. The minimum absolute atomic E-state index is 0.632. The molecule has 1 rings (SSSR count). The van der Waals surface area contributed by atoms with Gasteiger partial charge >= 0.3 is 0 Å². The summed E-state index contributed by atoms with van der Waals surface area (Å²) in [4.78, 5) is 4.26. The van der Waals surface area contributed by atoms with E-state index in [1.165, 1.54) is 0 Å². The summed E-state index contributed by atoms with van der Waals surface area (Å²) in [6.45, 7) is 7.20. The first kappa shape index (κ1) is 12.5. The molecule has 0 aliphatic heterocycles. The van der Waals surface area contributed by atoms with Crippen LogP contribution in [0.15, 0.2) is 24.4 Å². The summed E-state index contributed by atoms with van der Waals surface area (Å²) in [6, 6.07) is 1.78. The molecule has 88 valence electrons. The van der Waals surface area contributed by atoms with Crippen LogP contribution < -0.4 is 14.8 Å². The van der Waals surface area contributed by atoms with Crippen molar-refractivity contribution in [2.75, 3.05) is 20.8 Å². The van der Waals surface area contributed by atoms with E-state index in [4.69, 9.17) is 9.47 Å². The lowest BCUT2D eigenvalue weighted by atomic mass is 10.3. The van der Waals surface area contributed by atoms with Crippen LogP contribution in [0.4, 0.5) is 0 Å². The first-order chi connectivity index (χ1) is 7.69. The molecule has 0 spiro atoms. The van der Waals surface area contributed by atoms with Crippen LogP contribution in [0.3, 0.4) is 0 Å². The van der Waals surface area contributed by atoms with Crippen molar-refractivity contribution in [1.82, 2.24) is 10.3 Å². The SMILES string of the molecule is C=C(C)CNCc1nccc(OC)c1OC. The van der Waals surface area contributed by atoms with Crippen LogP contribution >= 0.6 is 0 Å². The topological polar surface area (TPSA) is 43.4 Å². The number of rotatable bonds is 6. The first-order valence-electron chi connectivity index (χ1n) is 5.10. The van der Waals surface area contributed by atoms with Crippen molar-refractivity contribution in [2.45, 2.75) is 13.5 Å². The van der Waals surface area contributed by atoms with Gasteiger partial charge in [0.15, 0.2) is 11.5 Å². The minimum Gasteiger partial charge on any atom is -0.493 e. The molecule has 0 atom stereocenters. The molecule has 4 heteroatoms. The van der Waals surface area contributed by atoms with Crippen LogP contribution in [0.1, 0.15) is 12.6 Å². The van der Waals surface area contributed by atoms with Gasteiger partial charge in [0.1, 0.15) is 0 Å². The molecule has 0 amide bonds. The third kappa shape index (κ3) is 3.24. The normalized spacial score (nSPS) is 9.94. The van der Waals surface area contributed by atoms with Crippen LogP contribution in [0.2, 0.25) is 0 Å². The lowest BCUT2D eigenvalue weighted by molar-refractivity contribution is 0.348. The smallest absolute Gasteiger partial charge is 0.183 e. The quantitative estimate of drug-likeness (QED) is 0.745. The summed E-state index contributed by atoms with van der Waals surface area (Å²) >= 11 is 0. The van der Waals surface area contributed by atoms with E-state index in [2.05, 4.69) is 16.9 Å². The Morgan fingerprint density at radius 2 is 2.19 bits per heavy atom.